The summed E-state index contributed by atoms with van der Waals surface area (Å²) in [4.78, 5) is 18.7. The Labute approximate surface area is 280 Å². The molecule has 2 aromatic carbocycles. The lowest BCUT2D eigenvalue weighted by atomic mass is 9.80. The normalized spacial score (nSPS) is 26.9. The average molecular weight is 671 g/mol. The maximum absolute atomic E-state index is 15.1. The summed E-state index contributed by atoms with van der Waals surface area (Å²) >= 11 is 0. The molecule has 3 aliphatic heterocycles. The van der Waals surface area contributed by atoms with E-state index >= 15 is 4.39 Å². The molecule has 2 N–H and O–H groups in total. The fraction of sp³-hybridized carbons (Fsp3) is 0.432. The Hall–Kier alpha value is -4.47. The Kier molecular flexibility index (Phi) is 6.72. The molecule has 2 aliphatic carbocycles. The molecule has 4 aromatic rings. The summed E-state index contributed by atoms with van der Waals surface area (Å²) in [6.07, 6.45) is 7.87. The molecule has 4 atom stereocenters. The number of nitrogen functional groups attached to an aromatic ring is 1. The number of alkyl halides is 1. The Balaban J connectivity index is 1.20. The van der Waals surface area contributed by atoms with Crippen molar-refractivity contribution < 1.29 is 27.0 Å². The molecule has 49 heavy (non-hydrogen) atoms. The second-order valence-electron chi connectivity index (χ2n) is 14.2. The quantitative estimate of drug-likeness (QED) is 0.153. The van der Waals surface area contributed by atoms with Gasteiger partial charge >= 0.3 is 6.01 Å². The number of terminal acetylenes is 1. The zero-order valence-corrected chi connectivity index (χ0v) is 26.9. The number of rotatable bonds is 5. The van der Waals surface area contributed by atoms with Crippen LogP contribution in [0.1, 0.15) is 36.8 Å². The van der Waals surface area contributed by atoms with E-state index < -0.39 is 29.7 Å². The first-order chi connectivity index (χ1) is 23.6. The number of hydrogen-bond acceptors (Lipinski definition) is 8. The van der Waals surface area contributed by atoms with Crippen LogP contribution in [0.2, 0.25) is 0 Å². The molecular weight excluding hydrogens is 636 g/mol. The first-order valence-electron chi connectivity index (χ1n) is 16.7. The number of aryl methyl sites for hydroxylation is 1. The van der Waals surface area contributed by atoms with Crippen LogP contribution >= 0.6 is 0 Å². The van der Waals surface area contributed by atoms with E-state index in [0.717, 1.165) is 25.8 Å². The number of nitrogens with zero attached hydrogens (tertiary/aromatic N) is 5. The van der Waals surface area contributed by atoms with Gasteiger partial charge in [-0.1, -0.05) is 12.0 Å². The van der Waals surface area contributed by atoms with Gasteiger partial charge in [0.25, 0.3) is 6.08 Å². The summed E-state index contributed by atoms with van der Waals surface area (Å²) in [6.45, 7) is 4.10. The van der Waals surface area contributed by atoms with E-state index in [1.54, 1.807) is 24.4 Å². The molecular formula is C37H34F4N6O2. The maximum atomic E-state index is 15.1. The van der Waals surface area contributed by atoms with Gasteiger partial charge in [-0.15, -0.1) is 6.42 Å². The Morgan fingerprint density at radius 1 is 1.18 bits per heavy atom. The van der Waals surface area contributed by atoms with Crippen LogP contribution in [-0.4, -0.2) is 77.1 Å². The lowest BCUT2D eigenvalue weighted by molar-refractivity contribution is 0.0649. The number of nitrogens with two attached hydrogens (primary N) is 1. The molecule has 0 radical (unpaired) electrons. The SMILES string of the molecule is C#Cc1c(F)ccc2cc(N)cc(-c3ncc4c(N5CCOC[C@H]6[C@H](F)[C@H]65)nc(OC[C@]56CC(=C(F)F)CN5CCC65CC5)nc4c3C)c12. The van der Waals surface area contributed by atoms with Crippen molar-refractivity contribution in [3.05, 3.63) is 59.1 Å². The third-order valence-corrected chi connectivity index (χ3v) is 11.8. The fourth-order valence-corrected chi connectivity index (χ4v) is 8.99. The van der Waals surface area contributed by atoms with Gasteiger partial charge in [-0.25, -0.2) is 8.78 Å². The maximum Gasteiger partial charge on any atom is 0.319 e. The highest BCUT2D eigenvalue weighted by Gasteiger charge is 2.68. The van der Waals surface area contributed by atoms with E-state index in [2.05, 4.69) is 10.8 Å². The van der Waals surface area contributed by atoms with Gasteiger partial charge in [-0.3, -0.25) is 9.88 Å². The minimum atomic E-state index is -1.62. The molecule has 5 aliphatic rings. The molecule has 5 fully saturated rings. The number of aromatic nitrogens is 3. The van der Waals surface area contributed by atoms with Crippen molar-refractivity contribution in [1.29, 1.82) is 0 Å². The van der Waals surface area contributed by atoms with Crippen molar-refractivity contribution in [1.82, 2.24) is 19.9 Å². The highest BCUT2D eigenvalue weighted by atomic mass is 19.3. The Morgan fingerprint density at radius 2 is 2.02 bits per heavy atom. The predicted molar refractivity (Wildman–Crippen MR) is 178 cm³/mol. The van der Waals surface area contributed by atoms with Crippen LogP contribution in [0.5, 0.6) is 6.01 Å². The monoisotopic (exact) mass is 670 g/mol. The molecule has 0 unspecified atom stereocenters. The molecule has 0 bridgehead atoms. The number of fused-ring (bicyclic) bond motifs is 5. The third-order valence-electron chi connectivity index (χ3n) is 11.8. The minimum Gasteiger partial charge on any atom is -0.461 e. The van der Waals surface area contributed by atoms with Gasteiger partial charge in [-0.05, 0) is 68.2 Å². The van der Waals surface area contributed by atoms with Crippen LogP contribution in [0.4, 0.5) is 29.1 Å². The van der Waals surface area contributed by atoms with Crippen LogP contribution in [0.25, 0.3) is 32.9 Å². The van der Waals surface area contributed by atoms with Crippen molar-refractivity contribution in [2.24, 2.45) is 11.3 Å². The van der Waals surface area contributed by atoms with Gasteiger partial charge in [-0.2, -0.15) is 18.7 Å². The molecule has 5 heterocycles. The van der Waals surface area contributed by atoms with Crippen LogP contribution in [0.3, 0.4) is 0 Å². The van der Waals surface area contributed by atoms with Crippen molar-refractivity contribution in [3.8, 4) is 29.6 Å². The predicted octanol–water partition coefficient (Wildman–Crippen LogP) is 6.19. The van der Waals surface area contributed by atoms with Gasteiger partial charge in [0.15, 0.2) is 0 Å². The zero-order valence-electron chi connectivity index (χ0n) is 26.9. The highest BCUT2D eigenvalue weighted by molar-refractivity contribution is 6.04. The number of pyridine rings is 1. The van der Waals surface area contributed by atoms with Gasteiger partial charge in [0.05, 0.1) is 47.0 Å². The number of halogens is 4. The first kappa shape index (κ1) is 30.6. The summed E-state index contributed by atoms with van der Waals surface area (Å²) in [6, 6.07) is 6.06. The molecule has 3 saturated heterocycles. The van der Waals surface area contributed by atoms with E-state index in [-0.39, 0.29) is 48.1 Å². The molecule has 9 rings (SSSR count). The van der Waals surface area contributed by atoms with Gasteiger partial charge in [0.1, 0.15) is 24.4 Å². The number of ether oxygens (including phenoxy) is 2. The van der Waals surface area contributed by atoms with Crippen molar-refractivity contribution in [2.75, 3.05) is 50.1 Å². The Bertz CT molecular complexity index is 2140. The number of benzene rings is 2. The zero-order chi connectivity index (χ0) is 33.8. The van der Waals surface area contributed by atoms with Crippen LogP contribution in [-0.2, 0) is 4.74 Å². The van der Waals surface area contributed by atoms with Crippen molar-refractivity contribution in [3.63, 3.8) is 0 Å². The van der Waals surface area contributed by atoms with E-state index in [1.807, 2.05) is 11.8 Å². The molecule has 12 heteroatoms. The number of anilines is 2. The summed E-state index contributed by atoms with van der Waals surface area (Å²) in [5, 5.41) is 1.76. The van der Waals surface area contributed by atoms with E-state index in [0.29, 0.717) is 69.8 Å². The van der Waals surface area contributed by atoms with Gasteiger partial charge < -0.3 is 20.1 Å². The molecule has 8 nitrogen and oxygen atoms in total. The number of hydrogen-bond donors (Lipinski definition) is 1. The summed E-state index contributed by atoms with van der Waals surface area (Å²) < 4.78 is 70.1. The molecule has 252 valence electrons. The topological polar surface area (TPSA) is 89.6 Å². The largest absolute Gasteiger partial charge is 0.461 e. The third kappa shape index (κ3) is 4.47. The molecule has 1 spiro atoms. The van der Waals surface area contributed by atoms with Crippen LogP contribution < -0.4 is 15.4 Å². The minimum absolute atomic E-state index is 0.0694. The second-order valence-corrected chi connectivity index (χ2v) is 14.2. The molecule has 2 saturated carbocycles. The summed E-state index contributed by atoms with van der Waals surface area (Å²) in [7, 11) is 0. The fourth-order valence-electron chi connectivity index (χ4n) is 8.99. The van der Waals surface area contributed by atoms with Crippen molar-refractivity contribution >= 4 is 33.2 Å². The van der Waals surface area contributed by atoms with E-state index in [4.69, 9.17) is 36.6 Å². The molecule has 2 aromatic heterocycles. The summed E-state index contributed by atoms with van der Waals surface area (Å²) in [5.41, 5.74) is 8.60. The van der Waals surface area contributed by atoms with Crippen LogP contribution in [0, 0.1) is 36.4 Å². The van der Waals surface area contributed by atoms with Crippen LogP contribution in [0.15, 0.2) is 42.1 Å². The second kappa shape index (κ2) is 10.8. The average Bonchev–Trinajstić information content (AvgIpc) is 3.95. The smallest absolute Gasteiger partial charge is 0.319 e. The van der Waals surface area contributed by atoms with Crippen molar-refractivity contribution in [2.45, 2.75) is 50.4 Å². The Morgan fingerprint density at radius 3 is 2.80 bits per heavy atom. The first-order valence-corrected chi connectivity index (χ1v) is 16.7. The van der Waals surface area contributed by atoms with E-state index in [9.17, 15) is 13.2 Å². The van der Waals surface area contributed by atoms with Gasteiger partial charge in [0.2, 0.25) is 0 Å². The lowest BCUT2D eigenvalue weighted by Crippen LogP contribution is -2.49. The lowest BCUT2D eigenvalue weighted by Gasteiger charge is -2.36. The van der Waals surface area contributed by atoms with E-state index in [1.165, 1.54) is 6.07 Å². The van der Waals surface area contributed by atoms with Gasteiger partial charge in [0, 0.05) is 53.0 Å². The summed E-state index contributed by atoms with van der Waals surface area (Å²) in [5.74, 6) is 2.15. The molecule has 0 amide bonds. The standard InChI is InChI=1S/C37H34F4N6O2/c1-3-23-27(38)5-4-20-12-22(42)13-24(28(20)23)30-19(2)31-25(15-43-30)34(47-10-11-48-17-26-29(39)32(26)47)45-35(44-31)49-18-37-14-21(33(40)41)16-46(37)9-8-36(37)6-7-36/h1,4-5,12-13,15,26,29,32H,6-11,14,16-18,42H2,2H3/t26-,29-,32-,37-/m0/s1. The highest BCUT2D eigenvalue weighted by Crippen LogP contribution is 2.66.